The Bertz CT molecular complexity index is 3550. The summed E-state index contributed by atoms with van der Waals surface area (Å²) in [6.07, 6.45) is 9.16. The largest absolute Gasteiger partial charge is 0.487 e. The molecule has 0 saturated heterocycles. The minimum Gasteiger partial charge on any atom is -0.487 e. The number of hydrogen-bond donors (Lipinski definition) is 4. The molecule has 0 aliphatic rings. The first kappa shape index (κ1) is 64.5. The standard InChI is InChI=1S/C66H94N16O4/c1-15-44-28-52(64(6,7)8)30-46(60(44)84-40-56-36-72-76-80(56)21-17-68)26-48-32-54(66(12,13)14)34-50(62(48)86-42-58-38-74-78-82(58)23-19-70)27-49-33-53(65(9,10)11)31-47(61(49)85-41-57-37-73-77-81(57)22-18-69)25-45-29-51(63(3,4)5)24-43(2)59(45)83-39-55-35-71-75-79(55)20-16-67/h24,28-38H,15-23,25-27,39-42,67-70H2,1-14H3. The molecule has 0 saturated carbocycles. The number of nitrogens with two attached hydrogens (primary N) is 4. The van der Waals surface area contributed by atoms with Gasteiger partial charge in [0.2, 0.25) is 0 Å². The first-order valence-corrected chi connectivity index (χ1v) is 30.3. The van der Waals surface area contributed by atoms with Gasteiger partial charge in [0.25, 0.3) is 0 Å². The van der Waals surface area contributed by atoms with E-state index in [0.29, 0.717) is 71.6 Å². The van der Waals surface area contributed by atoms with Gasteiger partial charge in [-0.25, -0.2) is 18.7 Å². The van der Waals surface area contributed by atoms with Crippen molar-refractivity contribution in [2.24, 2.45) is 22.9 Å². The topological polar surface area (TPSA) is 264 Å². The molecule has 8 N–H and O–H groups in total. The molecule has 0 atom stereocenters. The van der Waals surface area contributed by atoms with E-state index in [2.05, 4.69) is 187 Å². The van der Waals surface area contributed by atoms with Gasteiger partial charge in [0.05, 0.1) is 73.7 Å². The maximum Gasteiger partial charge on any atom is 0.132 e. The molecular weight excluding hydrogens is 1080 g/mol. The molecule has 20 nitrogen and oxygen atoms in total. The van der Waals surface area contributed by atoms with Crippen LogP contribution in [0, 0.1) is 6.92 Å². The van der Waals surface area contributed by atoms with E-state index < -0.39 is 0 Å². The second kappa shape index (κ2) is 27.5. The fraction of sp³-hybridized carbons (Fsp3) is 0.515. The zero-order valence-electron chi connectivity index (χ0n) is 53.6. The van der Waals surface area contributed by atoms with Crippen LogP contribution in [0.5, 0.6) is 23.0 Å². The Morgan fingerprint density at radius 2 is 0.581 bits per heavy atom. The molecule has 0 unspecified atom stereocenters. The van der Waals surface area contributed by atoms with Crippen LogP contribution < -0.4 is 41.9 Å². The highest BCUT2D eigenvalue weighted by Crippen LogP contribution is 2.43. The lowest BCUT2D eigenvalue weighted by Gasteiger charge is -2.28. The highest BCUT2D eigenvalue weighted by atomic mass is 16.5. The predicted octanol–water partition coefficient (Wildman–Crippen LogP) is 9.04. The number of ether oxygens (including phenoxy) is 4. The molecule has 8 aromatic rings. The molecule has 0 spiro atoms. The zero-order valence-corrected chi connectivity index (χ0v) is 53.6. The molecule has 0 fully saturated rings. The number of benzene rings is 4. The lowest BCUT2D eigenvalue weighted by atomic mass is 9.80. The van der Waals surface area contributed by atoms with Crippen molar-refractivity contribution in [3.8, 4) is 23.0 Å². The van der Waals surface area contributed by atoms with E-state index >= 15 is 0 Å². The van der Waals surface area contributed by atoms with E-state index in [9.17, 15) is 0 Å². The fourth-order valence-corrected chi connectivity index (χ4v) is 10.7. The van der Waals surface area contributed by atoms with Crippen LogP contribution in [0.4, 0.5) is 0 Å². The summed E-state index contributed by atoms with van der Waals surface area (Å²) in [5.74, 6) is 3.12. The van der Waals surface area contributed by atoms with Crippen LogP contribution in [-0.2, 0) is 99.9 Å². The second-order valence-electron chi connectivity index (χ2n) is 26.6. The Kier molecular flexibility index (Phi) is 20.6. The molecule has 0 aliphatic heterocycles. The van der Waals surface area contributed by atoms with Gasteiger partial charge >= 0.3 is 0 Å². The third-order valence-corrected chi connectivity index (χ3v) is 15.7. The Hall–Kier alpha value is -7.52. The van der Waals surface area contributed by atoms with Crippen LogP contribution in [-0.4, -0.2) is 86.2 Å². The summed E-state index contributed by atoms with van der Waals surface area (Å²) in [6, 6.07) is 18.4. The molecule has 4 heterocycles. The number of hydrogen-bond acceptors (Lipinski definition) is 16. The van der Waals surface area contributed by atoms with Gasteiger partial charge in [0.1, 0.15) is 49.4 Å². The molecule has 4 aromatic heterocycles. The van der Waals surface area contributed by atoms with E-state index in [1.165, 1.54) is 11.1 Å². The first-order valence-electron chi connectivity index (χ1n) is 30.3. The van der Waals surface area contributed by atoms with Crippen molar-refractivity contribution < 1.29 is 18.9 Å². The smallest absolute Gasteiger partial charge is 0.132 e. The Morgan fingerprint density at radius 1 is 0.349 bits per heavy atom. The van der Waals surface area contributed by atoms with Crippen LogP contribution in [0.25, 0.3) is 0 Å². The van der Waals surface area contributed by atoms with Crippen molar-refractivity contribution in [2.45, 2.75) is 197 Å². The van der Waals surface area contributed by atoms with Gasteiger partial charge in [-0.1, -0.05) is 159 Å². The van der Waals surface area contributed by atoms with Gasteiger partial charge in [-0.15, -0.1) is 20.4 Å². The third-order valence-electron chi connectivity index (χ3n) is 15.7. The molecule has 0 radical (unpaired) electrons. The number of rotatable bonds is 27. The van der Waals surface area contributed by atoms with Gasteiger partial charge < -0.3 is 41.9 Å². The SMILES string of the molecule is CCc1cc(C(C)(C)C)cc(Cc2cc(C(C)(C)C)cc(Cc3cc(C(C)(C)C)cc(Cc4cc(C(C)(C)C)cc(C)c4OCc4cnnn4CCN)c3OCc3cnnn3CCN)c2OCc2cnnn2CCN)c1OCc1cnnn1CCN. The maximum atomic E-state index is 7.33. The van der Waals surface area contributed by atoms with Crippen molar-refractivity contribution >= 4 is 0 Å². The van der Waals surface area contributed by atoms with E-state index in [1.807, 2.05) is 14.0 Å². The Balaban J connectivity index is 1.36. The Morgan fingerprint density at radius 3 is 0.837 bits per heavy atom. The lowest BCUT2D eigenvalue weighted by Crippen LogP contribution is -2.18. The van der Waals surface area contributed by atoms with Gasteiger partial charge in [-0.2, -0.15) is 0 Å². The highest BCUT2D eigenvalue weighted by Gasteiger charge is 2.29. The summed E-state index contributed by atoms with van der Waals surface area (Å²) >= 11 is 0. The molecule has 0 aliphatic carbocycles. The average Bonchev–Trinajstić information content (AvgIpc) is 1.68. The van der Waals surface area contributed by atoms with Gasteiger partial charge in [-0.05, 0) is 102 Å². The van der Waals surface area contributed by atoms with Crippen molar-refractivity contribution in [3.63, 3.8) is 0 Å². The average molecular weight is 1180 g/mol. The monoisotopic (exact) mass is 1170 g/mol. The maximum absolute atomic E-state index is 7.33. The summed E-state index contributed by atoms with van der Waals surface area (Å²) in [7, 11) is 0. The number of nitrogens with zero attached hydrogens (tertiary/aromatic N) is 12. The van der Waals surface area contributed by atoms with Crippen molar-refractivity contribution in [3.05, 3.63) is 163 Å². The van der Waals surface area contributed by atoms with Gasteiger partial charge in [0, 0.05) is 45.4 Å². The summed E-state index contributed by atoms with van der Waals surface area (Å²) < 4.78 is 35.8. The van der Waals surface area contributed by atoms with Crippen LogP contribution in [0.15, 0.2) is 73.3 Å². The molecule has 8 rings (SSSR count). The van der Waals surface area contributed by atoms with E-state index in [-0.39, 0.29) is 48.1 Å². The minimum atomic E-state index is -0.280. The molecule has 462 valence electrons. The van der Waals surface area contributed by atoms with Crippen molar-refractivity contribution in [2.75, 3.05) is 26.2 Å². The van der Waals surface area contributed by atoms with E-state index in [0.717, 1.165) is 108 Å². The van der Waals surface area contributed by atoms with E-state index in [1.54, 1.807) is 29.5 Å². The predicted molar refractivity (Wildman–Crippen MR) is 337 cm³/mol. The molecule has 0 bridgehead atoms. The lowest BCUT2D eigenvalue weighted by molar-refractivity contribution is 0.281. The molecule has 4 aromatic carbocycles. The fourth-order valence-electron chi connectivity index (χ4n) is 10.7. The molecule has 20 heteroatoms. The number of aryl methyl sites for hydroxylation is 2. The van der Waals surface area contributed by atoms with Crippen LogP contribution >= 0.6 is 0 Å². The quantitative estimate of drug-likeness (QED) is 0.0374. The number of aromatic nitrogens is 12. The molecular formula is C66H94N16O4. The zero-order chi connectivity index (χ0) is 62.1. The van der Waals surface area contributed by atoms with Gasteiger partial charge in [0.15, 0.2) is 0 Å². The van der Waals surface area contributed by atoms with Crippen LogP contribution in [0.1, 0.15) is 180 Å². The minimum absolute atomic E-state index is 0.164. The van der Waals surface area contributed by atoms with Crippen LogP contribution in [0.3, 0.4) is 0 Å². The van der Waals surface area contributed by atoms with Crippen molar-refractivity contribution in [1.29, 1.82) is 0 Å². The van der Waals surface area contributed by atoms with Gasteiger partial charge in [-0.3, -0.25) is 0 Å². The normalized spacial score (nSPS) is 12.3. The summed E-state index contributed by atoms with van der Waals surface area (Å²) in [5.41, 5.74) is 39.5. The second-order valence-corrected chi connectivity index (χ2v) is 26.6. The molecule has 86 heavy (non-hydrogen) atoms. The van der Waals surface area contributed by atoms with Crippen LogP contribution in [0.2, 0.25) is 0 Å². The third kappa shape index (κ3) is 15.7. The molecule has 0 amide bonds. The highest BCUT2D eigenvalue weighted by molar-refractivity contribution is 5.58. The van der Waals surface area contributed by atoms with Crippen molar-refractivity contribution in [1.82, 2.24) is 60.0 Å². The Labute approximate surface area is 508 Å². The van der Waals surface area contributed by atoms with E-state index in [4.69, 9.17) is 41.9 Å². The first-order chi connectivity index (χ1) is 40.8. The summed E-state index contributed by atoms with van der Waals surface area (Å²) in [6.45, 7) is 35.9. The summed E-state index contributed by atoms with van der Waals surface area (Å²) in [5, 5.41) is 34.4. The summed E-state index contributed by atoms with van der Waals surface area (Å²) in [4.78, 5) is 0.